The van der Waals surface area contributed by atoms with Gasteiger partial charge < -0.3 is 19.5 Å². The molecule has 0 aliphatic carbocycles. The number of carbonyl (C=O) groups excluding carboxylic acids is 7. The van der Waals surface area contributed by atoms with Crippen molar-refractivity contribution in [1.82, 2.24) is 0 Å². The number of carbonyl (C=O) groups is 7. The van der Waals surface area contributed by atoms with E-state index in [1.54, 1.807) is 65.8 Å². The first kappa shape index (κ1) is 38.6. The number of ketones is 2. The van der Waals surface area contributed by atoms with E-state index in [1.807, 2.05) is 20.8 Å². The Labute approximate surface area is 286 Å². The average molecular weight is 679 g/mol. The fraction of sp³-hybridized carbons (Fsp3) is 0.486. The standard InChI is InChI=1S/C21H27NO6.C16H19NO4/c1-7-11-21(6,18(25)27-8-2)13-9-10-15-14(12-13)16(23)17(24)22(15)19(26)28-20(3,4)5;1-4-8-16(3,15(20)21-5-2)10-6-7-12-11(9-10)13(18)14(19)17-12/h9-10,12H,7-8,11H2,1-6H3;6-7,9H,4-5,8H2,1-3H3,(H,17,18,19). The molecule has 0 radical (unpaired) electrons. The monoisotopic (exact) mass is 678 g/mol. The van der Waals surface area contributed by atoms with Gasteiger partial charge in [-0.3, -0.25) is 28.8 Å². The number of benzene rings is 2. The second kappa shape index (κ2) is 15.1. The highest BCUT2D eigenvalue weighted by Crippen LogP contribution is 2.38. The lowest BCUT2D eigenvalue weighted by molar-refractivity contribution is -0.150. The molecule has 0 saturated heterocycles. The van der Waals surface area contributed by atoms with Crippen LogP contribution in [0.15, 0.2) is 36.4 Å². The minimum atomic E-state index is -0.963. The Bertz CT molecular complexity index is 1670. The molecule has 4 rings (SSSR count). The molecule has 264 valence electrons. The number of ether oxygens (including phenoxy) is 3. The number of amides is 3. The van der Waals surface area contributed by atoms with E-state index in [-0.39, 0.29) is 23.8 Å². The van der Waals surface area contributed by atoms with E-state index in [4.69, 9.17) is 14.2 Å². The number of imide groups is 1. The summed E-state index contributed by atoms with van der Waals surface area (Å²) in [6.45, 7) is 16.6. The Hall–Kier alpha value is -4.87. The van der Waals surface area contributed by atoms with Crippen LogP contribution in [0.2, 0.25) is 0 Å². The Balaban J connectivity index is 0.000000276. The number of Topliss-reactive ketones (excluding diaryl/α,β-unsaturated/α-hetero) is 2. The predicted molar refractivity (Wildman–Crippen MR) is 182 cm³/mol. The van der Waals surface area contributed by atoms with Gasteiger partial charge in [0.2, 0.25) is 0 Å². The lowest BCUT2D eigenvalue weighted by Crippen LogP contribution is -2.40. The highest BCUT2D eigenvalue weighted by atomic mass is 16.6. The molecule has 2 atom stereocenters. The van der Waals surface area contributed by atoms with Crippen LogP contribution in [0.1, 0.15) is 120 Å². The summed E-state index contributed by atoms with van der Waals surface area (Å²) in [5, 5.41) is 2.51. The zero-order valence-electron chi connectivity index (χ0n) is 29.7. The molecule has 0 spiro atoms. The predicted octanol–water partition coefficient (Wildman–Crippen LogP) is 6.21. The first-order valence-electron chi connectivity index (χ1n) is 16.5. The van der Waals surface area contributed by atoms with Gasteiger partial charge in [-0.2, -0.15) is 0 Å². The number of fused-ring (bicyclic) bond motifs is 2. The number of esters is 2. The normalized spacial score (nSPS) is 16.0. The zero-order valence-corrected chi connectivity index (χ0v) is 29.7. The average Bonchev–Trinajstić information content (AvgIpc) is 3.46. The second-order valence-electron chi connectivity index (χ2n) is 13.3. The van der Waals surface area contributed by atoms with Crippen molar-refractivity contribution in [3.8, 4) is 0 Å². The lowest BCUT2D eigenvalue weighted by Gasteiger charge is -2.28. The Morgan fingerprint density at radius 1 is 0.694 bits per heavy atom. The molecule has 2 aliphatic heterocycles. The SMILES string of the molecule is CCCC(C)(C(=O)OCC)c1ccc2c(c1)C(=O)C(=O)N2.CCCC(C)(C(=O)OCC)c1ccc2c(c1)C(=O)C(=O)N2C(=O)OC(C)(C)C. The van der Waals surface area contributed by atoms with E-state index in [2.05, 4.69) is 5.32 Å². The summed E-state index contributed by atoms with van der Waals surface area (Å²) in [5.41, 5.74) is -0.248. The van der Waals surface area contributed by atoms with Crippen molar-refractivity contribution in [2.45, 2.75) is 104 Å². The van der Waals surface area contributed by atoms with E-state index >= 15 is 0 Å². The highest BCUT2D eigenvalue weighted by molar-refractivity contribution is 6.56. The van der Waals surface area contributed by atoms with Crippen molar-refractivity contribution in [2.24, 2.45) is 0 Å². The molecular weight excluding hydrogens is 632 g/mol. The van der Waals surface area contributed by atoms with Crippen LogP contribution >= 0.6 is 0 Å². The van der Waals surface area contributed by atoms with Gasteiger partial charge in [0.15, 0.2) is 0 Å². The summed E-state index contributed by atoms with van der Waals surface area (Å²) >= 11 is 0. The fourth-order valence-electron chi connectivity index (χ4n) is 5.87. The molecule has 2 aliphatic rings. The Morgan fingerprint density at radius 3 is 1.65 bits per heavy atom. The molecule has 0 aromatic heterocycles. The van der Waals surface area contributed by atoms with Crippen LogP contribution < -0.4 is 10.2 Å². The van der Waals surface area contributed by atoms with Gasteiger partial charge in [-0.25, -0.2) is 9.69 Å². The van der Waals surface area contributed by atoms with Gasteiger partial charge in [0.05, 0.1) is 46.5 Å². The molecule has 1 N–H and O–H groups in total. The molecule has 12 heteroatoms. The van der Waals surface area contributed by atoms with Crippen molar-refractivity contribution in [3.63, 3.8) is 0 Å². The maximum Gasteiger partial charge on any atom is 0.422 e. The number of anilines is 2. The molecule has 2 unspecified atom stereocenters. The molecule has 0 fully saturated rings. The fourth-order valence-corrected chi connectivity index (χ4v) is 5.87. The van der Waals surface area contributed by atoms with Crippen LogP contribution in [-0.2, 0) is 44.2 Å². The summed E-state index contributed by atoms with van der Waals surface area (Å²) < 4.78 is 15.6. The molecule has 2 aromatic carbocycles. The first-order chi connectivity index (χ1) is 22.9. The summed E-state index contributed by atoms with van der Waals surface area (Å²) in [7, 11) is 0. The molecule has 49 heavy (non-hydrogen) atoms. The van der Waals surface area contributed by atoms with Crippen LogP contribution in [0, 0.1) is 0 Å². The Morgan fingerprint density at radius 2 is 1.18 bits per heavy atom. The third kappa shape index (κ3) is 7.90. The zero-order chi connectivity index (χ0) is 36.9. The van der Waals surface area contributed by atoms with E-state index in [1.165, 1.54) is 12.1 Å². The number of hydrogen-bond donors (Lipinski definition) is 1. The van der Waals surface area contributed by atoms with E-state index in [0.717, 1.165) is 17.7 Å². The number of nitrogens with one attached hydrogen (secondary N) is 1. The molecule has 3 amide bonds. The van der Waals surface area contributed by atoms with Crippen LogP contribution in [0.5, 0.6) is 0 Å². The van der Waals surface area contributed by atoms with E-state index in [0.29, 0.717) is 41.8 Å². The molecule has 12 nitrogen and oxygen atoms in total. The first-order valence-corrected chi connectivity index (χ1v) is 16.5. The molecular formula is C37H46N2O10. The second-order valence-corrected chi connectivity index (χ2v) is 13.3. The quantitative estimate of drug-likeness (QED) is 0.174. The van der Waals surface area contributed by atoms with E-state index < -0.39 is 51.9 Å². The lowest BCUT2D eigenvalue weighted by atomic mass is 9.78. The van der Waals surface area contributed by atoms with E-state index in [9.17, 15) is 33.6 Å². The summed E-state index contributed by atoms with van der Waals surface area (Å²) in [6, 6.07) is 9.72. The van der Waals surface area contributed by atoms with Crippen LogP contribution in [0.25, 0.3) is 0 Å². The summed E-state index contributed by atoms with van der Waals surface area (Å²) in [4.78, 5) is 86.1. The molecule has 2 aromatic rings. The third-order valence-electron chi connectivity index (χ3n) is 8.40. The van der Waals surface area contributed by atoms with Crippen molar-refractivity contribution in [1.29, 1.82) is 0 Å². The van der Waals surface area contributed by atoms with Gasteiger partial charge in [-0.1, -0.05) is 38.8 Å². The van der Waals surface area contributed by atoms with Gasteiger partial charge in [0.1, 0.15) is 5.60 Å². The number of rotatable bonds is 10. The highest BCUT2D eigenvalue weighted by Gasteiger charge is 2.44. The van der Waals surface area contributed by atoms with Gasteiger partial charge in [-0.15, -0.1) is 0 Å². The van der Waals surface area contributed by atoms with Gasteiger partial charge in [0, 0.05) is 0 Å². The number of nitrogens with zero attached hydrogens (tertiary/aromatic N) is 1. The van der Waals surface area contributed by atoms with Gasteiger partial charge in [0.25, 0.3) is 17.5 Å². The van der Waals surface area contributed by atoms with Crippen molar-refractivity contribution >= 4 is 52.8 Å². The smallest absolute Gasteiger partial charge is 0.422 e. The maximum absolute atomic E-state index is 12.6. The van der Waals surface area contributed by atoms with Crippen LogP contribution in [-0.4, -0.2) is 60.2 Å². The molecule has 0 bridgehead atoms. The molecule has 2 heterocycles. The largest absolute Gasteiger partial charge is 0.465 e. The molecule has 0 saturated carbocycles. The minimum absolute atomic E-state index is 0.0833. The van der Waals surface area contributed by atoms with Crippen LogP contribution in [0.4, 0.5) is 16.2 Å². The van der Waals surface area contributed by atoms with Gasteiger partial charge >= 0.3 is 23.9 Å². The van der Waals surface area contributed by atoms with Crippen molar-refractivity contribution < 1.29 is 47.8 Å². The van der Waals surface area contributed by atoms with Crippen LogP contribution in [0.3, 0.4) is 0 Å². The topological polar surface area (TPSA) is 162 Å². The third-order valence-corrected chi connectivity index (χ3v) is 8.40. The minimum Gasteiger partial charge on any atom is -0.465 e. The summed E-state index contributed by atoms with van der Waals surface area (Å²) in [5.74, 6) is -3.65. The van der Waals surface area contributed by atoms with Gasteiger partial charge in [-0.05, 0) is 96.7 Å². The van der Waals surface area contributed by atoms with Crippen molar-refractivity contribution in [3.05, 3.63) is 58.7 Å². The van der Waals surface area contributed by atoms with Crippen molar-refractivity contribution in [2.75, 3.05) is 23.4 Å². The maximum atomic E-state index is 12.6. The Kier molecular flexibility index (Phi) is 11.9. The summed E-state index contributed by atoms with van der Waals surface area (Å²) in [6.07, 6.45) is 1.75. The number of hydrogen-bond acceptors (Lipinski definition) is 10.